The van der Waals surface area contributed by atoms with E-state index in [0.29, 0.717) is 6.10 Å². The number of rotatable bonds is 5. The predicted octanol–water partition coefficient (Wildman–Crippen LogP) is 3.43. The highest BCUT2D eigenvalue weighted by Gasteiger charge is 2.42. The summed E-state index contributed by atoms with van der Waals surface area (Å²) in [4.78, 5) is 0. The van der Waals surface area contributed by atoms with Crippen LogP contribution in [0.5, 0.6) is 0 Å². The topological polar surface area (TPSA) is 21.3 Å². The zero-order chi connectivity index (χ0) is 13.3. The van der Waals surface area contributed by atoms with E-state index in [9.17, 15) is 0 Å². The molecule has 0 bridgehead atoms. The van der Waals surface area contributed by atoms with Crippen molar-refractivity contribution in [2.24, 2.45) is 5.41 Å². The molecule has 3 heteroatoms. The molecular weight excluding hydrogens is 258 g/mol. The Bertz CT molecular complexity index is 429. The first kappa shape index (κ1) is 13.4. The molecule has 1 aromatic rings. The Hall–Kier alpha value is -0.570. The van der Waals surface area contributed by atoms with Gasteiger partial charge in [0.25, 0.3) is 0 Å². The molecule has 1 saturated heterocycles. The second kappa shape index (κ2) is 5.43. The molecule has 2 unspecified atom stereocenters. The molecule has 1 aliphatic heterocycles. The summed E-state index contributed by atoms with van der Waals surface area (Å²) in [6.45, 7) is 4.18. The fraction of sp³-hybridized carbons (Fsp3) is 0.625. The molecule has 1 aliphatic carbocycles. The zero-order valence-electron chi connectivity index (χ0n) is 11.5. The largest absolute Gasteiger partial charge is 0.378 e. The fourth-order valence-electron chi connectivity index (χ4n) is 2.99. The minimum Gasteiger partial charge on any atom is -0.378 e. The second-order valence-electron chi connectivity index (χ2n) is 6.08. The van der Waals surface area contributed by atoms with E-state index in [0.717, 1.165) is 37.1 Å². The third-order valence-corrected chi connectivity index (χ3v) is 4.87. The lowest BCUT2D eigenvalue weighted by molar-refractivity contribution is 0.0628. The smallest absolute Gasteiger partial charge is 0.0619 e. The molecule has 1 heterocycles. The Morgan fingerprint density at radius 1 is 1.32 bits per heavy atom. The number of nitrogens with one attached hydrogen (secondary N) is 1. The highest BCUT2D eigenvalue weighted by molar-refractivity contribution is 6.30. The van der Waals surface area contributed by atoms with E-state index in [1.165, 1.54) is 18.4 Å². The molecule has 2 nitrogen and oxygen atoms in total. The van der Waals surface area contributed by atoms with Gasteiger partial charge < -0.3 is 10.1 Å². The molecule has 104 valence electrons. The first-order valence-corrected chi connectivity index (χ1v) is 7.65. The van der Waals surface area contributed by atoms with Crippen molar-refractivity contribution in [2.45, 2.75) is 44.8 Å². The summed E-state index contributed by atoms with van der Waals surface area (Å²) in [6.07, 6.45) is 5.23. The Morgan fingerprint density at radius 3 is 2.63 bits per heavy atom. The van der Waals surface area contributed by atoms with Gasteiger partial charge in [0.15, 0.2) is 0 Å². The number of hydrogen-bond donors (Lipinski definition) is 1. The SMILES string of the molecule is CC1OCCC1(CNC1CC1)Cc1ccc(Cl)cc1. The number of halogens is 1. The molecule has 3 rings (SSSR count). The van der Waals surface area contributed by atoms with E-state index in [1.807, 2.05) is 12.1 Å². The molecule has 2 aliphatic rings. The summed E-state index contributed by atoms with van der Waals surface area (Å²) in [6, 6.07) is 9.02. The van der Waals surface area contributed by atoms with Crippen molar-refractivity contribution in [3.8, 4) is 0 Å². The molecule has 1 N–H and O–H groups in total. The highest BCUT2D eigenvalue weighted by atomic mass is 35.5. The number of benzene rings is 1. The van der Waals surface area contributed by atoms with Gasteiger partial charge in [-0.15, -0.1) is 0 Å². The van der Waals surface area contributed by atoms with Crippen LogP contribution in [0.1, 0.15) is 31.7 Å². The van der Waals surface area contributed by atoms with Gasteiger partial charge >= 0.3 is 0 Å². The van der Waals surface area contributed by atoms with Crippen LogP contribution in [0, 0.1) is 5.41 Å². The summed E-state index contributed by atoms with van der Waals surface area (Å²) in [5.74, 6) is 0. The van der Waals surface area contributed by atoms with Crippen LogP contribution in [0.3, 0.4) is 0 Å². The lowest BCUT2D eigenvalue weighted by Crippen LogP contribution is -2.42. The molecular formula is C16H22ClNO. The van der Waals surface area contributed by atoms with Crippen LogP contribution < -0.4 is 5.32 Å². The summed E-state index contributed by atoms with van der Waals surface area (Å²) in [5, 5.41) is 4.51. The average Bonchev–Trinajstić information content (AvgIpc) is 3.17. The van der Waals surface area contributed by atoms with Crippen molar-refractivity contribution in [3.63, 3.8) is 0 Å². The summed E-state index contributed by atoms with van der Waals surface area (Å²) >= 11 is 5.97. The maximum absolute atomic E-state index is 5.97. The van der Waals surface area contributed by atoms with Crippen LogP contribution in [-0.4, -0.2) is 25.3 Å². The molecule has 0 radical (unpaired) electrons. The standard InChI is InChI=1S/C16H22ClNO/c1-12-16(8-9-19-12,11-18-15-6-7-15)10-13-2-4-14(17)5-3-13/h2-5,12,15,18H,6-11H2,1H3. The van der Waals surface area contributed by atoms with Gasteiger partial charge in [0.05, 0.1) is 6.10 Å². The highest BCUT2D eigenvalue weighted by Crippen LogP contribution is 2.38. The van der Waals surface area contributed by atoms with Crippen molar-refractivity contribution in [1.82, 2.24) is 5.32 Å². The molecule has 0 amide bonds. The van der Waals surface area contributed by atoms with Crippen LogP contribution in [0.25, 0.3) is 0 Å². The van der Waals surface area contributed by atoms with Crippen LogP contribution in [0.4, 0.5) is 0 Å². The van der Waals surface area contributed by atoms with Crippen molar-refractivity contribution in [3.05, 3.63) is 34.9 Å². The van der Waals surface area contributed by atoms with Gasteiger partial charge in [0.2, 0.25) is 0 Å². The Labute approximate surface area is 120 Å². The van der Waals surface area contributed by atoms with Gasteiger partial charge in [-0.2, -0.15) is 0 Å². The molecule has 2 fully saturated rings. The predicted molar refractivity (Wildman–Crippen MR) is 78.6 cm³/mol. The Kier molecular flexibility index (Phi) is 3.84. The molecule has 0 spiro atoms. The van der Waals surface area contributed by atoms with Crippen LogP contribution >= 0.6 is 11.6 Å². The van der Waals surface area contributed by atoms with Crippen molar-refractivity contribution in [1.29, 1.82) is 0 Å². The van der Waals surface area contributed by atoms with E-state index in [-0.39, 0.29) is 5.41 Å². The van der Waals surface area contributed by atoms with Gasteiger partial charge in [-0.25, -0.2) is 0 Å². The molecule has 1 aromatic carbocycles. The Morgan fingerprint density at radius 2 is 2.05 bits per heavy atom. The first-order chi connectivity index (χ1) is 9.18. The molecule has 0 aromatic heterocycles. The van der Waals surface area contributed by atoms with Gasteiger partial charge in [0.1, 0.15) is 0 Å². The molecule has 19 heavy (non-hydrogen) atoms. The minimum absolute atomic E-state index is 0.246. The van der Waals surface area contributed by atoms with E-state index in [2.05, 4.69) is 24.4 Å². The monoisotopic (exact) mass is 279 g/mol. The normalized spacial score (nSPS) is 30.7. The van der Waals surface area contributed by atoms with E-state index < -0.39 is 0 Å². The number of ether oxygens (including phenoxy) is 1. The number of hydrogen-bond acceptors (Lipinski definition) is 2. The van der Waals surface area contributed by atoms with Crippen molar-refractivity contribution in [2.75, 3.05) is 13.2 Å². The molecule has 1 saturated carbocycles. The summed E-state index contributed by atoms with van der Waals surface area (Å²) in [5.41, 5.74) is 1.61. The van der Waals surface area contributed by atoms with Gasteiger partial charge in [-0.1, -0.05) is 23.7 Å². The lowest BCUT2D eigenvalue weighted by atomic mass is 9.76. The van der Waals surface area contributed by atoms with Crippen LogP contribution in [0.15, 0.2) is 24.3 Å². The van der Waals surface area contributed by atoms with E-state index in [4.69, 9.17) is 16.3 Å². The van der Waals surface area contributed by atoms with Crippen LogP contribution in [-0.2, 0) is 11.2 Å². The maximum Gasteiger partial charge on any atom is 0.0619 e. The summed E-state index contributed by atoms with van der Waals surface area (Å²) < 4.78 is 5.85. The average molecular weight is 280 g/mol. The summed E-state index contributed by atoms with van der Waals surface area (Å²) in [7, 11) is 0. The molecule has 2 atom stereocenters. The fourth-order valence-corrected chi connectivity index (χ4v) is 3.12. The van der Waals surface area contributed by atoms with Crippen LogP contribution in [0.2, 0.25) is 5.02 Å². The second-order valence-corrected chi connectivity index (χ2v) is 6.52. The quantitative estimate of drug-likeness (QED) is 0.892. The third-order valence-electron chi connectivity index (χ3n) is 4.62. The van der Waals surface area contributed by atoms with Gasteiger partial charge in [0, 0.05) is 29.6 Å². The lowest BCUT2D eigenvalue weighted by Gasteiger charge is -2.33. The van der Waals surface area contributed by atoms with Crippen molar-refractivity contribution < 1.29 is 4.74 Å². The zero-order valence-corrected chi connectivity index (χ0v) is 12.2. The van der Waals surface area contributed by atoms with E-state index in [1.54, 1.807) is 0 Å². The Balaban J connectivity index is 1.72. The van der Waals surface area contributed by atoms with Crippen molar-refractivity contribution >= 4 is 11.6 Å². The third kappa shape index (κ3) is 3.13. The first-order valence-electron chi connectivity index (χ1n) is 7.27. The van der Waals surface area contributed by atoms with Gasteiger partial charge in [-0.05, 0) is 50.3 Å². The van der Waals surface area contributed by atoms with Gasteiger partial charge in [-0.3, -0.25) is 0 Å². The minimum atomic E-state index is 0.246. The van der Waals surface area contributed by atoms with E-state index >= 15 is 0 Å². The maximum atomic E-state index is 5.97.